The number of aromatic nitrogens is 1. The van der Waals surface area contributed by atoms with Crippen molar-refractivity contribution < 1.29 is 19.1 Å². The van der Waals surface area contributed by atoms with Crippen LogP contribution in [0, 0.1) is 0 Å². The minimum Gasteiger partial charge on any atom is -0.455 e. The zero-order valence-corrected chi connectivity index (χ0v) is 17.6. The number of anilines is 2. The normalized spacial score (nSPS) is 13.5. The van der Waals surface area contributed by atoms with Crippen LogP contribution in [0.1, 0.15) is 18.5 Å². The highest BCUT2D eigenvalue weighted by Crippen LogP contribution is 2.29. The lowest BCUT2D eigenvalue weighted by atomic mass is 10.2. The number of carbonyl (C=O) groups excluding carboxylic acids is 3. The molecule has 2 aromatic heterocycles. The molecule has 0 bridgehead atoms. The molecule has 1 aliphatic rings. The summed E-state index contributed by atoms with van der Waals surface area (Å²) >= 11 is 3.06. The van der Waals surface area contributed by atoms with Crippen molar-refractivity contribution in [1.82, 2.24) is 4.98 Å². The number of carbonyl (C=O) groups is 3. The zero-order chi connectivity index (χ0) is 20.9. The molecule has 2 amide bonds. The predicted molar refractivity (Wildman–Crippen MR) is 117 cm³/mol. The van der Waals surface area contributed by atoms with Crippen molar-refractivity contribution in [2.75, 3.05) is 23.4 Å². The van der Waals surface area contributed by atoms with Gasteiger partial charge in [-0.1, -0.05) is 18.2 Å². The zero-order valence-electron chi connectivity index (χ0n) is 16.0. The number of benzene rings is 1. The molecule has 3 aromatic rings. The van der Waals surface area contributed by atoms with Crippen molar-refractivity contribution in [3.8, 4) is 9.88 Å². The fourth-order valence-electron chi connectivity index (χ4n) is 3.15. The van der Waals surface area contributed by atoms with Crippen LogP contribution in [-0.4, -0.2) is 35.9 Å². The molecule has 30 heavy (non-hydrogen) atoms. The van der Waals surface area contributed by atoms with E-state index < -0.39 is 18.5 Å². The first-order valence-corrected chi connectivity index (χ1v) is 11.2. The van der Waals surface area contributed by atoms with Crippen molar-refractivity contribution in [2.45, 2.75) is 19.3 Å². The minimum absolute atomic E-state index is 0.00796. The van der Waals surface area contributed by atoms with Gasteiger partial charge in [0, 0.05) is 18.3 Å². The maximum atomic E-state index is 12.3. The lowest BCUT2D eigenvalue weighted by Gasteiger charge is -2.19. The average Bonchev–Trinajstić information content (AvgIpc) is 3.49. The number of hydrogen-bond acceptors (Lipinski definition) is 7. The summed E-state index contributed by atoms with van der Waals surface area (Å²) in [6, 6.07) is 11.0. The highest BCUT2D eigenvalue weighted by molar-refractivity contribution is 7.20. The lowest BCUT2D eigenvalue weighted by molar-refractivity contribution is -0.146. The van der Waals surface area contributed by atoms with E-state index in [9.17, 15) is 14.4 Å². The molecule has 1 aromatic carbocycles. The van der Waals surface area contributed by atoms with Crippen LogP contribution in [0.2, 0.25) is 0 Å². The van der Waals surface area contributed by atoms with E-state index in [1.54, 1.807) is 34.4 Å². The number of esters is 1. The molecular formula is C21H19N3O4S2. The standard InChI is InChI=1S/C21H19N3O4S2/c25-18(23-15-5-1-2-6-16(15)24-9-3-8-19(24)26)12-28-20(27)11-14-13-30-21(22-14)17-7-4-10-29-17/h1-2,4-7,10,13H,3,8-9,11-12H2,(H,23,25). The van der Waals surface area contributed by atoms with E-state index in [1.165, 1.54) is 11.3 Å². The van der Waals surface area contributed by atoms with Crippen molar-refractivity contribution in [3.05, 3.63) is 52.9 Å². The summed E-state index contributed by atoms with van der Waals surface area (Å²) in [7, 11) is 0. The molecule has 0 atom stereocenters. The Bertz CT molecular complexity index is 1060. The quantitative estimate of drug-likeness (QED) is 0.565. The van der Waals surface area contributed by atoms with Gasteiger partial charge in [-0.15, -0.1) is 22.7 Å². The third-order valence-electron chi connectivity index (χ3n) is 4.52. The van der Waals surface area contributed by atoms with Crippen LogP contribution in [0.3, 0.4) is 0 Å². The van der Waals surface area contributed by atoms with Gasteiger partial charge in [0.05, 0.1) is 28.4 Å². The van der Waals surface area contributed by atoms with Crippen LogP contribution in [0.4, 0.5) is 11.4 Å². The molecule has 0 unspecified atom stereocenters. The van der Waals surface area contributed by atoms with Gasteiger partial charge in [-0.25, -0.2) is 4.98 Å². The van der Waals surface area contributed by atoms with E-state index in [0.717, 1.165) is 16.3 Å². The maximum absolute atomic E-state index is 12.3. The van der Waals surface area contributed by atoms with Gasteiger partial charge >= 0.3 is 5.97 Å². The van der Waals surface area contributed by atoms with Crippen LogP contribution in [-0.2, 0) is 25.5 Å². The van der Waals surface area contributed by atoms with Crippen molar-refractivity contribution >= 4 is 51.8 Å². The van der Waals surface area contributed by atoms with Crippen LogP contribution in [0.25, 0.3) is 9.88 Å². The van der Waals surface area contributed by atoms with E-state index in [-0.39, 0.29) is 12.3 Å². The Labute approximate surface area is 181 Å². The number of thiophene rings is 1. The minimum atomic E-state index is -0.517. The Hall–Kier alpha value is -3.04. The van der Waals surface area contributed by atoms with Gasteiger partial charge in [0.25, 0.3) is 5.91 Å². The highest BCUT2D eigenvalue weighted by Gasteiger charge is 2.24. The molecule has 3 heterocycles. The maximum Gasteiger partial charge on any atom is 0.312 e. The number of nitrogens with one attached hydrogen (secondary N) is 1. The first kappa shape index (κ1) is 20.2. The molecule has 1 fully saturated rings. The summed E-state index contributed by atoms with van der Waals surface area (Å²) in [6.45, 7) is 0.227. The Morgan fingerprint density at radius 1 is 1.17 bits per heavy atom. The van der Waals surface area contributed by atoms with Crippen LogP contribution in [0.5, 0.6) is 0 Å². The van der Waals surface area contributed by atoms with E-state index in [2.05, 4.69) is 10.3 Å². The molecule has 1 saturated heterocycles. The molecule has 0 aliphatic carbocycles. The Balaban J connectivity index is 1.30. The smallest absolute Gasteiger partial charge is 0.312 e. The summed E-state index contributed by atoms with van der Waals surface area (Å²) in [4.78, 5) is 43.5. The molecule has 7 nitrogen and oxygen atoms in total. The van der Waals surface area contributed by atoms with Crippen molar-refractivity contribution in [3.63, 3.8) is 0 Å². The molecule has 154 valence electrons. The summed E-state index contributed by atoms with van der Waals surface area (Å²) in [5, 5.41) is 7.38. The number of rotatable bonds is 7. The Morgan fingerprint density at radius 3 is 2.80 bits per heavy atom. The van der Waals surface area contributed by atoms with E-state index in [1.807, 2.05) is 29.0 Å². The van der Waals surface area contributed by atoms with Crippen molar-refractivity contribution in [1.29, 1.82) is 0 Å². The van der Waals surface area contributed by atoms with Gasteiger partial charge in [-0.05, 0) is 30.0 Å². The largest absolute Gasteiger partial charge is 0.455 e. The monoisotopic (exact) mass is 441 g/mol. The number of amides is 2. The van der Waals surface area contributed by atoms with Crippen molar-refractivity contribution in [2.24, 2.45) is 0 Å². The van der Waals surface area contributed by atoms with Gasteiger partial charge in [0.15, 0.2) is 6.61 Å². The molecule has 0 saturated carbocycles. The third-order valence-corrected chi connectivity index (χ3v) is 6.45. The second-order valence-electron chi connectivity index (χ2n) is 6.67. The summed E-state index contributed by atoms with van der Waals surface area (Å²) in [5.74, 6) is -0.940. The Kier molecular flexibility index (Phi) is 6.20. The molecule has 1 N–H and O–H groups in total. The summed E-state index contributed by atoms with van der Waals surface area (Å²) in [5.41, 5.74) is 1.80. The van der Waals surface area contributed by atoms with E-state index in [4.69, 9.17) is 4.74 Å². The van der Waals surface area contributed by atoms with E-state index in [0.29, 0.717) is 30.0 Å². The molecule has 0 radical (unpaired) electrons. The molecule has 9 heteroatoms. The lowest BCUT2D eigenvalue weighted by Crippen LogP contribution is -2.27. The summed E-state index contributed by atoms with van der Waals surface area (Å²) < 4.78 is 5.10. The third kappa shape index (κ3) is 4.74. The van der Waals surface area contributed by atoms with Crippen LogP contribution in [0.15, 0.2) is 47.2 Å². The topological polar surface area (TPSA) is 88.6 Å². The second kappa shape index (κ2) is 9.19. The number of para-hydroxylation sites is 2. The Morgan fingerprint density at radius 2 is 2.03 bits per heavy atom. The van der Waals surface area contributed by atoms with Gasteiger partial charge in [0.2, 0.25) is 5.91 Å². The van der Waals surface area contributed by atoms with Gasteiger partial charge in [0.1, 0.15) is 5.01 Å². The molecule has 0 spiro atoms. The first-order chi connectivity index (χ1) is 14.6. The number of nitrogens with zero attached hydrogens (tertiary/aromatic N) is 2. The van der Waals surface area contributed by atoms with Crippen LogP contribution < -0.4 is 10.2 Å². The van der Waals surface area contributed by atoms with Crippen LogP contribution >= 0.6 is 22.7 Å². The van der Waals surface area contributed by atoms with Gasteiger partial charge in [-0.3, -0.25) is 14.4 Å². The fourth-order valence-corrected chi connectivity index (χ4v) is 4.78. The fraction of sp³-hybridized carbons (Fsp3) is 0.238. The SMILES string of the molecule is O=C(COC(=O)Cc1csc(-c2cccs2)n1)Nc1ccccc1N1CCCC1=O. The second-order valence-corrected chi connectivity index (χ2v) is 8.48. The van der Waals surface area contributed by atoms with E-state index >= 15 is 0 Å². The number of hydrogen-bond donors (Lipinski definition) is 1. The molecule has 4 rings (SSSR count). The predicted octanol–water partition coefficient (Wildman–Crippen LogP) is 3.72. The molecule has 1 aliphatic heterocycles. The number of thiazole rings is 1. The first-order valence-electron chi connectivity index (χ1n) is 9.43. The van der Waals surface area contributed by atoms with Gasteiger partial charge < -0.3 is 15.0 Å². The summed E-state index contributed by atoms with van der Waals surface area (Å²) in [6.07, 6.45) is 1.31. The average molecular weight is 442 g/mol. The molecular weight excluding hydrogens is 422 g/mol. The highest BCUT2D eigenvalue weighted by atomic mass is 32.1. The number of ether oxygens (including phenoxy) is 1. The van der Waals surface area contributed by atoms with Gasteiger partial charge in [-0.2, -0.15) is 0 Å².